The Kier molecular flexibility index (Phi) is 8.42. The van der Waals surface area contributed by atoms with Crippen LogP contribution in [0.25, 0.3) is 0 Å². The van der Waals surface area contributed by atoms with Gasteiger partial charge in [0.05, 0.1) is 0 Å². The summed E-state index contributed by atoms with van der Waals surface area (Å²) in [6, 6.07) is 0.170. The van der Waals surface area contributed by atoms with Gasteiger partial charge in [0.2, 0.25) is 0 Å². The molecule has 0 radical (unpaired) electrons. The van der Waals surface area contributed by atoms with Gasteiger partial charge >= 0.3 is 13.1 Å². The summed E-state index contributed by atoms with van der Waals surface area (Å²) >= 11 is 0. The number of carboxylic acid groups (broad SMARTS) is 1. The van der Waals surface area contributed by atoms with Gasteiger partial charge in [0, 0.05) is 12.6 Å². The molecule has 6 N–H and O–H groups in total. The van der Waals surface area contributed by atoms with E-state index in [1.807, 2.05) is 12.2 Å². The van der Waals surface area contributed by atoms with Crippen LogP contribution in [0, 0.1) is 0 Å². The van der Waals surface area contributed by atoms with Crippen molar-refractivity contribution in [3.8, 4) is 0 Å². The Labute approximate surface area is 144 Å². The largest absolute Gasteiger partial charge is 0.480 e. The van der Waals surface area contributed by atoms with E-state index in [2.05, 4.69) is 18.5 Å². The lowest BCUT2D eigenvalue weighted by Crippen LogP contribution is -2.49. The molecule has 0 saturated carbocycles. The Balaban J connectivity index is 2.54. The van der Waals surface area contributed by atoms with Gasteiger partial charge in [0.25, 0.3) is 0 Å². The second-order valence-corrected chi connectivity index (χ2v) is 6.47. The summed E-state index contributed by atoms with van der Waals surface area (Å²) in [5, 5.41) is 30.5. The Morgan fingerprint density at radius 3 is 2.50 bits per heavy atom. The number of carbonyl (C=O) groups is 1. The van der Waals surface area contributed by atoms with E-state index in [9.17, 15) is 9.90 Å². The number of carboxylic acids is 1. The lowest BCUT2D eigenvalue weighted by molar-refractivity contribution is -0.144. The minimum Gasteiger partial charge on any atom is -0.480 e. The average molecular weight is 336 g/mol. The second-order valence-electron chi connectivity index (χ2n) is 6.47. The highest BCUT2D eigenvalue weighted by Gasteiger charge is 2.34. The molecule has 0 aliphatic carbocycles. The molecule has 0 bridgehead atoms. The molecular weight excluding hydrogens is 307 g/mol. The zero-order chi connectivity index (χ0) is 18.2. The molecule has 7 heteroatoms. The summed E-state index contributed by atoms with van der Waals surface area (Å²) in [6.45, 7) is 8.32. The summed E-state index contributed by atoms with van der Waals surface area (Å²) in [7, 11) is -1.35. The molecule has 6 nitrogen and oxygen atoms in total. The molecule has 1 aliphatic rings. The third kappa shape index (κ3) is 6.24. The first-order chi connectivity index (χ1) is 11.3. The van der Waals surface area contributed by atoms with Crippen molar-refractivity contribution < 1.29 is 19.9 Å². The van der Waals surface area contributed by atoms with Gasteiger partial charge in [-0.2, -0.15) is 0 Å². The van der Waals surface area contributed by atoms with Crippen LogP contribution in [0.1, 0.15) is 38.5 Å². The van der Waals surface area contributed by atoms with E-state index in [0.29, 0.717) is 38.6 Å². The average Bonchev–Trinajstić information content (AvgIpc) is 2.56. The van der Waals surface area contributed by atoms with Gasteiger partial charge < -0.3 is 26.2 Å². The molecule has 0 amide bonds. The number of aliphatic carboxylic acids is 1. The number of rotatable bonds is 11. The van der Waals surface area contributed by atoms with Crippen LogP contribution < -0.4 is 11.1 Å². The Morgan fingerprint density at radius 2 is 1.96 bits per heavy atom. The van der Waals surface area contributed by atoms with Gasteiger partial charge in [-0.05, 0) is 43.1 Å². The monoisotopic (exact) mass is 336 g/mol. The summed E-state index contributed by atoms with van der Waals surface area (Å²) < 4.78 is 0. The van der Waals surface area contributed by atoms with Gasteiger partial charge in [0.15, 0.2) is 0 Å². The van der Waals surface area contributed by atoms with Crippen LogP contribution in [0.2, 0.25) is 6.32 Å². The fourth-order valence-electron chi connectivity index (χ4n) is 3.00. The number of unbranched alkanes of at least 4 members (excludes halogenated alkanes) is 1. The van der Waals surface area contributed by atoms with E-state index < -0.39 is 18.6 Å². The minimum atomic E-state index is -1.35. The summed E-state index contributed by atoms with van der Waals surface area (Å²) in [4.78, 5) is 11.6. The van der Waals surface area contributed by atoms with Crippen molar-refractivity contribution in [2.24, 2.45) is 5.73 Å². The molecule has 0 aromatic carbocycles. The molecule has 0 spiro atoms. The van der Waals surface area contributed by atoms with Gasteiger partial charge in [-0.3, -0.25) is 4.79 Å². The standard InChI is InChI=1S/C17H29BN2O4/c1-3-13-11-15(20-12-14(13)4-2)7-9-17(19,16(21)22)8-5-6-10-18(23)24/h3-4,15,20,23-24H,1-2,5-12,19H2,(H,21,22). The molecule has 1 aliphatic heterocycles. The highest BCUT2D eigenvalue weighted by molar-refractivity contribution is 6.40. The number of hydrogen-bond donors (Lipinski definition) is 5. The minimum absolute atomic E-state index is 0.170. The highest BCUT2D eigenvalue weighted by Crippen LogP contribution is 2.25. The number of hydrogen-bond acceptors (Lipinski definition) is 5. The molecule has 0 fully saturated rings. The van der Waals surface area contributed by atoms with Crippen LogP contribution in [-0.4, -0.2) is 46.4 Å². The van der Waals surface area contributed by atoms with Crippen molar-refractivity contribution in [1.82, 2.24) is 5.32 Å². The number of allylic oxidation sites excluding steroid dienone is 1. The lowest BCUT2D eigenvalue weighted by Gasteiger charge is -2.30. The summed E-state index contributed by atoms with van der Waals surface area (Å²) in [5.41, 5.74) is 7.08. The molecule has 24 heavy (non-hydrogen) atoms. The predicted octanol–water partition coefficient (Wildman–Crippen LogP) is 1.22. The molecule has 0 aromatic heterocycles. The van der Waals surface area contributed by atoms with Crippen LogP contribution in [-0.2, 0) is 4.79 Å². The van der Waals surface area contributed by atoms with E-state index in [1.54, 1.807) is 0 Å². The molecule has 0 aromatic rings. The molecule has 1 heterocycles. The fraction of sp³-hybridized carbons (Fsp3) is 0.588. The van der Waals surface area contributed by atoms with Crippen LogP contribution in [0.4, 0.5) is 0 Å². The van der Waals surface area contributed by atoms with Gasteiger partial charge in [-0.15, -0.1) is 0 Å². The van der Waals surface area contributed by atoms with Crippen LogP contribution in [0.15, 0.2) is 36.5 Å². The Hall–Kier alpha value is -1.41. The second kappa shape index (κ2) is 9.79. The molecule has 134 valence electrons. The van der Waals surface area contributed by atoms with Crippen molar-refractivity contribution in [2.75, 3.05) is 6.54 Å². The molecule has 2 unspecified atom stereocenters. The SMILES string of the molecule is C=CC1=C(C=C)CC(CCC(N)(CCCCB(O)O)C(=O)O)NC1. The van der Waals surface area contributed by atoms with Crippen molar-refractivity contribution in [3.05, 3.63) is 36.5 Å². The third-order valence-electron chi connectivity index (χ3n) is 4.65. The van der Waals surface area contributed by atoms with Crippen LogP contribution in [0.3, 0.4) is 0 Å². The fourth-order valence-corrected chi connectivity index (χ4v) is 3.00. The van der Waals surface area contributed by atoms with E-state index >= 15 is 0 Å². The van der Waals surface area contributed by atoms with Crippen LogP contribution >= 0.6 is 0 Å². The van der Waals surface area contributed by atoms with Crippen LogP contribution in [0.5, 0.6) is 0 Å². The highest BCUT2D eigenvalue weighted by atomic mass is 16.4. The first kappa shape index (κ1) is 20.6. The first-order valence-electron chi connectivity index (χ1n) is 8.41. The predicted molar refractivity (Wildman–Crippen MR) is 96.5 cm³/mol. The van der Waals surface area contributed by atoms with Gasteiger partial charge in [0.1, 0.15) is 5.54 Å². The van der Waals surface area contributed by atoms with Gasteiger partial charge in [-0.1, -0.05) is 38.2 Å². The number of nitrogens with one attached hydrogen (secondary N) is 1. The quantitative estimate of drug-likeness (QED) is 0.286. The summed E-state index contributed by atoms with van der Waals surface area (Å²) in [6.07, 6.45) is 7.12. The maximum absolute atomic E-state index is 11.6. The molecule has 0 saturated heterocycles. The molecule has 2 atom stereocenters. The zero-order valence-electron chi connectivity index (χ0n) is 14.2. The maximum atomic E-state index is 11.6. The van der Waals surface area contributed by atoms with E-state index in [0.717, 1.165) is 17.6 Å². The molecule has 1 rings (SSSR count). The lowest BCUT2D eigenvalue weighted by atomic mass is 9.80. The summed E-state index contributed by atoms with van der Waals surface area (Å²) in [5.74, 6) is -1.01. The Morgan fingerprint density at radius 1 is 1.29 bits per heavy atom. The normalized spacial score (nSPS) is 20.4. The maximum Gasteiger partial charge on any atom is 0.451 e. The van der Waals surface area contributed by atoms with E-state index in [1.165, 1.54) is 0 Å². The van der Waals surface area contributed by atoms with Crippen molar-refractivity contribution in [1.29, 1.82) is 0 Å². The van der Waals surface area contributed by atoms with Gasteiger partial charge in [-0.25, -0.2) is 0 Å². The van der Waals surface area contributed by atoms with Crippen molar-refractivity contribution >= 4 is 13.1 Å². The van der Waals surface area contributed by atoms with E-state index in [4.69, 9.17) is 15.8 Å². The van der Waals surface area contributed by atoms with Crippen molar-refractivity contribution in [2.45, 2.75) is 56.4 Å². The van der Waals surface area contributed by atoms with Crippen molar-refractivity contribution in [3.63, 3.8) is 0 Å². The van der Waals surface area contributed by atoms with E-state index in [-0.39, 0.29) is 12.4 Å². The Bertz CT molecular complexity index is 493. The molecular formula is C17H29BN2O4. The smallest absolute Gasteiger partial charge is 0.451 e. The third-order valence-corrected chi connectivity index (χ3v) is 4.65. The number of nitrogens with two attached hydrogens (primary N) is 1. The first-order valence-corrected chi connectivity index (χ1v) is 8.41. The zero-order valence-corrected chi connectivity index (χ0v) is 14.2. The topological polar surface area (TPSA) is 116 Å².